The maximum Gasteiger partial charge on any atom is 0.115 e. The van der Waals surface area contributed by atoms with Gasteiger partial charge in [0.15, 0.2) is 0 Å². The average Bonchev–Trinajstić information content (AvgIpc) is 3.10. The number of piperidine rings is 1. The third-order valence-corrected chi connectivity index (χ3v) is 5.21. The molecule has 0 amide bonds. The normalized spacial score (nSPS) is 16.0. The quantitative estimate of drug-likeness (QED) is 0.758. The van der Waals surface area contributed by atoms with Crippen molar-refractivity contribution in [2.75, 3.05) is 13.1 Å². The fourth-order valence-corrected chi connectivity index (χ4v) is 3.80. The van der Waals surface area contributed by atoms with Crippen LogP contribution >= 0.6 is 0 Å². The number of aromatic hydroxyl groups is 1. The lowest BCUT2D eigenvalue weighted by Crippen LogP contribution is -2.32. The van der Waals surface area contributed by atoms with E-state index in [0.29, 0.717) is 11.7 Å². The lowest BCUT2D eigenvalue weighted by atomic mass is 9.89. The molecule has 0 radical (unpaired) electrons. The second-order valence-corrected chi connectivity index (χ2v) is 7.17. The van der Waals surface area contributed by atoms with Crippen molar-refractivity contribution in [1.82, 2.24) is 14.5 Å². The Kier molecular flexibility index (Phi) is 5.02. The number of hydrogen-bond donors (Lipinski definition) is 1. The van der Waals surface area contributed by atoms with Gasteiger partial charge in [0.05, 0.1) is 12.0 Å². The molecule has 0 unspecified atom stereocenters. The number of likely N-dealkylation sites (tertiary alicyclic amines) is 1. The van der Waals surface area contributed by atoms with Gasteiger partial charge in [-0.3, -0.25) is 4.90 Å². The van der Waals surface area contributed by atoms with Crippen LogP contribution in [0.5, 0.6) is 5.75 Å². The minimum absolute atomic E-state index is 0.369. The highest BCUT2D eigenvalue weighted by Gasteiger charge is 2.21. The molecule has 0 saturated carbocycles. The number of rotatable bonds is 5. The van der Waals surface area contributed by atoms with Crippen molar-refractivity contribution in [2.24, 2.45) is 0 Å². The molecule has 134 valence electrons. The fraction of sp³-hybridized carbons (Fsp3) is 0.318. The summed E-state index contributed by atoms with van der Waals surface area (Å²) in [6.07, 6.45) is 6.36. The average molecular weight is 347 g/mol. The summed E-state index contributed by atoms with van der Waals surface area (Å²) in [5, 5.41) is 9.68. The smallest absolute Gasteiger partial charge is 0.115 e. The Bertz CT molecular complexity index is 835. The minimum Gasteiger partial charge on any atom is -0.508 e. The SMILES string of the molecule is Oc1cccc(C2CCN(Cc3cn(Cc4ccccc4)cn3)CC2)c1. The molecule has 0 aliphatic carbocycles. The van der Waals surface area contributed by atoms with Gasteiger partial charge in [-0.1, -0.05) is 42.5 Å². The number of imidazole rings is 1. The number of phenols is 1. The topological polar surface area (TPSA) is 41.3 Å². The van der Waals surface area contributed by atoms with Crippen LogP contribution in [0.1, 0.15) is 35.6 Å². The van der Waals surface area contributed by atoms with E-state index in [1.54, 1.807) is 6.07 Å². The Labute approximate surface area is 154 Å². The Balaban J connectivity index is 1.31. The lowest BCUT2D eigenvalue weighted by Gasteiger charge is -2.31. The van der Waals surface area contributed by atoms with E-state index in [1.807, 2.05) is 24.5 Å². The molecule has 1 fully saturated rings. The number of aromatic nitrogens is 2. The molecule has 4 heteroatoms. The van der Waals surface area contributed by atoms with Crippen molar-refractivity contribution in [2.45, 2.75) is 31.8 Å². The number of benzene rings is 2. The van der Waals surface area contributed by atoms with Gasteiger partial charge in [0.25, 0.3) is 0 Å². The Morgan fingerprint density at radius 3 is 2.54 bits per heavy atom. The van der Waals surface area contributed by atoms with Gasteiger partial charge in [-0.05, 0) is 55.1 Å². The van der Waals surface area contributed by atoms with Crippen molar-refractivity contribution in [1.29, 1.82) is 0 Å². The second kappa shape index (κ2) is 7.75. The zero-order chi connectivity index (χ0) is 17.8. The van der Waals surface area contributed by atoms with Crippen molar-refractivity contribution in [3.8, 4) is 5.75 Å². The van der Waals surface area contributed by atoms with Gasteiger partial charge in [0.1, 0.15) is 5.75 Å². The summed E-state index contributed by atoms with van der Waals surface area (Å²) >= 11 is 0. The van der Waals surface area contributed by atoms with Crippen LogP contribution in [0.25, 0.3) is 0 Å². The standard InChI is InChI=1S/C22H25N3O/c26-22-8-4-7-20(13-22)19-9-11-24(12-10-19)15-21-16-25(17-23-21)14-18-5-2-1-3-6-18/h1-8,13,16-17,19,26H,9-12,14-15H2. The summed E-state index contributed by atoms with van der Waals surface area (Å²) in [4.78, 5) is 7.06. The van der Waals surface area contributed by atoms with E-state index in [1.165, 1.54) is 11.1 Å². The summed E-state index contributed by atoms with van der Waals surface area (Å²) in [5.41, 5.74) is 3.69. The van der Waals surface area contributed by atoms with Crippen molar-refractivity contribution in [3.05, 3.63) is 83.9 Å². The van der Waals surface area contributed by atoms with Crippen LogP contribution in [0.3, 0.4) is 0 Å². The minimum atomic E-state index is 0.369. The summed E-state index contributed by atoms with van der Waals surface area (Å²) in [7, 11) is 0. The van der Waals surface area contributed by atoms with Crippen LogP contribution in [0.2, 0.25) is 0 Å². The van der Waals surface area contributed by atoms with E-state index in [4.69, 9.17) is 0 Å². The van der Waals surface area contributed by atoms with Crippen LogP contribution in [0.4, 0.5) is 0 Å². The molecule has 2 heterocycles. The summed E-state index contributed by atoms with van der Waals surface area (Å²) < 4.78 is 2.16. The van der Waals surface area contributed by atoms with E-state index in [0.717, 1.165) is 44.7 Å². The molecule has 1 aromatic heterocycles. The monoisotopic (exact) mass is 347 g/mol. The van der Waals surface area contributed by atoms with Crippen LogP contribution in [-0.4, -0.2) is 32.6 Å². The van der Waals surface area contributed by atoms with Gasteiger partial charge in [-0.25, -0.2) is 4.98 Å². The first-order chi connectivity index (χ1) is 12.8. The van der Waals surface area contributed by atoms with Crippen LogP contribution in [0, 0.1) is 0 Å². The van der Waals surface area contributed by atoms with Crippen LogP contribution in [-0.2, 0) is 13.1 Å². The molecular weight excluding hydrogens is 322 g/mol. The van der Waals surface area contributed by atoms with Gasteiger partial charge in [0, 0.05) is 19.3 Å². The Morgan fingerprint density at radius 1 is 0.962 bits per heavy atom. The fourth-order valence-electron chi connectivity index (χ4n) is 3.80. The van der Waals surface area contributed by atoms with Gasteiger partial charge in [0.2, 0.25) is 0 Å². The van der Waals surface area contributed by atoms with E-state index in [9.17, 15) is 5.11 Å². The van der Waals surface area contributed by atoms with Crippen molar-refractivity contribution < 1.29 is 5.11 Å². The van der Waals surface area contributed by atoms with Crippen LogP contribution in [0.15, 0.2) is 67.1 Å². The maximum absolute atomic E-state index is 9.68. The molecule has 4 rings (SSSR count). The van der Waals surface area contributed by atoms with Crippen LogP contribution < -0.4 is 0 Å². The van der Waals surface area contributed by atoms with Gasteiger partial charge in [-0.2, -0.15) is 0 Å². The lowest BCUT2D eigenvalue weighted by molar-refractivity contribution is 0.202. The first-order valence-electron chi connectivity index (χ1n) is 9.32. The zero-order valence-corrected chi connectivity index (χ0v) is 15.0. The highest BCUT2D eigenvalue weighted by molar-refractivity contribution is 5.30. The number of hydrogen-bond acceptors (Lipinski definition) is 3. The third kappa shape index (κ3) is 4.14. The molecule has 2 aromatic carbocycles. The molecule has 3 aromatic rings. The Hall–Kier alpha value is -2.59. The molecule has 0 bridgehead atoms. The van der Waals surface area contributed by atoms with E-state index in [-0.39, 0.29) is 0 Å². The predicted molar refractivity (Wildman–Crippen MR) is 103 cm³/mol. The predicted octanol–water partition coefficient (Wildman–Crippen LogP) is 4.02. The van der Waals surface area contributed by atoms with E-state index in [2.05, 4.69) is 51.0 Å². The van der Waals surface area contributed by atoms with E-state index >= 15 is 0 Å². The Morgan fingerprint density at radius 2 is 1.77 bits per heavy atom. The number of phenolic OH excluding ortho intramolecular Hbond substituents is 1. The maximum atomic E-state index is 9.68. The molecule has 0 spiro atoms. The highest BCUT2D eigenvalue weighted by atomic mass is 16.3. The van der Waals surface area contributed by atoms with Crippen molar-refractivity contribution in [3.63, 3.8) is 0 Å². The second-order valence-electron chi connectivity index (χ2n) is 7.17. The summed E-state index contributed by atoms with van der Waals surface area (Å²) in [6.45, 7) is 3.93. The molecule has 1 aliphatic heterocycles. The largest absolute Gasteiger partial charge is 0.508 e. The molecule has 1 aliphatic rings. The van der Waals surface area contributed by atoms with Gasteiger partial charge < -0.3 is 9.67 Å². The molecule has 26 heavy (non-hydrogen) atoms. The van der Waals surface area contributed by atoms with Crippen molar-refractivity contribution >= 4 is 0 Å². The molecular formula is C22H25N3O. The highest BCUT2D eigenvalue weighted by Crippen LogP contribution is 2.30. The zero-order valence-electron chi connectivity index (χ0n) is 15.0. The van der Waals surface area contributed by atoms with Gasteiger partial charge >= 0.3 is 0 Å². The molecule has 1 saturated heterocycles. The van der Waals surface area contributed by atoms with Gasteiger partial charge in [-0.15, -0.1) is 0 Å². The third-order valence-electron chi connectivity index (χ3n) is 5.21. The molecule has 4 nitrogen and oxygen atoms in total. The molecule has 0 atom stereocenters. The molecule has 1 N–H and O–H groups in total. The number of nitrogens with zero attached hydrogens (tertiary/aromatic N) is 3. The first-order valence-corrected chi connectivity index (χ1v) is 9.32. The first kappa shape index (κ1) is 16.9. The summed E-state index contributed by atoms with van der Waals surface area (Å²) in [5.74, 6) is 0.919. The van der Waals surface area contributed by atoms with E-state index < -0.39 is 0 Å². The summed E-state index contributed by atoms with van der Waals surface area (Å²) in [6, 6.07) is 18.2.